The van der Waals surface area contributed by atoms with Crippen molar-refractivity contribution in [2.45, 2.75) is 19.1 Å². The van der Waals surface area contributed by atoms with E-state index in [0.717, 1.165) is 5.71 Å². The topological polar surface area (TPSA) is 76.4 Å². The maximum atomic E-state index is 5.50. The summed E-state index contributed by atoms with van der Waals surface area (Å²) in [4.78, 5) is 0. The van der Waals surface area contributed by atoms with Crippen LogP contribution in [0.3, 0.4) is 0 Å². The van der Waals surface area contributed by atoms with Crippen molar-refractivity contribution in [1.82, 2.24) is 5.43 Å². The molecule has 0 amide bonds. The SMILES string of the molecule is CC1=NNC(N)C1N. The zero-order chi connectivity index (χ0) is 6.15. The molecule has 1 aliphatic heterocycles. The lowest BCUT2D eigenvalue weighted by atomic mass is 10.2. The zero-order valence-electron chi connectivity index (χ0n) is 4.76. The molecule has 0 spiro atoms. The van der Waals surface area contributed by atoms with Gasteiger partial charge in [-0.15, -0.1) is 0 Å². The lowest BCUT2D eigenvalue weighted by Crippen LogP contribution is -2.47. The molecular formula is C4H10N4. The number of nitrogens with zero attached hydrogens (tertiary/aromatic N) is 1. The van der Waals surface area contributed by atoms with Crippen molar-refractivity contribution < 1.29 is 0 Å². The molecule has 0 fully saturated rings. The fraction of sp³-hybridized carbons (Fsp3) is 0.750. The molecule has 1 heterocycles. The maximum absolute atomic E-state index is 5.50. The second-order valence-electron chi connectivity index (χ2n) is 1.93. The average molecular weight is 114 g/mol. The Morgan fingerprint density at radius 3 is 2.38 bits per heavy atom. The van der Waals surface area contributed by atoms with E-state index in [1.165, 1.54) is 0 Å². The number of hydrazone groups is 1. The minimum absolute atomic E-state index is 0.102. The molecule has 46 valence electrons. The highest BCUT2D eigenvalue weighted by Crippen LogP contribution is 1.94. The van der Waals surface area contributed by atoms with Crippen LogP contribution >= 0.6 is 0 Å². The molecule has 0 saturated heterocycles. The molecule has 5 N–H and O–H groups in total. The monoisotopic (exact) mass is 114 g/mol. The molecule has 0 aromatic heterocycles. The third-order valence-electron chi connectivity index (χ3n) is 1.26. The largest absolute Gasteiger partial charge is 0.320 e. The predicted octanol–water partition coefficient (Wildman–Crippen LogP) is -1.42. The van der Waals surface area contributed by atoms with E-state index in [2.05, 4.69) is 10.5 Å². The van der Waals surface area contributed by atoms with Gasteiger partial charge in [-0.25, -0.2) is 0 Å². The molecule has 8 heavy (non-hydrogen) atoms. The number of rotatable bonds is 0. The Balaban J connectivity index is 2.59. The minimum Gasteiger partial charge on any atom is -0.320 e. The van der Waals surface area contributed by atoms with Crippen LogP contribution in [0.15, 0.2) is 5.10 Å². The third kappa shape index (κ3) is 0.677. The van der Waals surface area contributed by atoms with Gasteiger partial charge >= 0.3 is 0 Å². The molecule has 1 rings (SSSR count). The van der Waals surface area contributed by atoms with E-state index < -0.39 is 0 Å². The van der Waals surface area contributed by atoms with Crippen LogP contribution in [-0.2, 0) is 0 Å². The molecule has 2 unspecified atom stereocenters. The van der Waals surface area contributed by atoms with E-state index in [9.17, 15) is 0 Å². The van der Waals surface area contributed by atoms with Crippen molar-refractivity contribution in [3.63, 3.8) is 0 Å². The Kier molecular flexibility index (Phi) is 1.19. The number of hydrogen-bond donors (Lipinski definition) is 3. The second-order valence-corrected chi connectivity index (χ2v) is 1.93. The Morgan fingerprint density at radius 1 is 1.62 bits per heavy atom. The van der Waals surface area contributed by atoms with Crippen molar-refractivity contribution in [1.29, 1.82) is 0 Å². The van der Waals surface area contributed by atoms with Crippen LogP contribution in [0.5, 0.6) is 0 Å². The first-order chi connectivity index (χ1) is 3.72. The first kappa shape index (κ1) is 5.53. The van der Waals surface area contributed by atoms with Crippen molar-refractivity contribution in [3.05, 3.63) is 0 Å². The maximum Gasteiger partial charge on any atom is 0.112 e. The van der Waals surface area contributed by atoms with Gasteiger partial charge in [-0.2, -0.15) is 5.10 Å². The summed E-state index contributed by atoms with van der Waals surface area (Å²) in [6.07, 6.45) is -0.185. The van der Waals surface area contributed by atoms with Crippen LogP contribution in [0.2, 0.25) is 0 Å². The first-order valence-electron chi connectivity index (χ1n) is 2.52. The Bertz CT molecular complexity index is 119. The third-order valence-corrected chi connectivity index (χ3v) is 1.26. The van der Waals surface area contributed by atoms with Crippen LogP contribution in [0.1, 0.15) is 6.92 Å². The molecule has 0 saturated carbocycles. The van der Waals surface area contributed by atoms with Gasteiger partial charge in [0, 0.05) is 0 Å². The summed E-state index contributed by atoms with van der Waals surface area (Å²) < 4.78 is 0. The smallest absolute Gasteiger partial charge is 0.112 e. The van der Waals surface area contributed by atoms with Gasteiger partial charge in [0.1, 0.15) is 6.17 Å². The average Bonchev–Trinajstić information content (AvgIpc) is 1.98. The zero-order valence-corrected chi connectivity index (χ0v) is 4.76. The van der Waals surface area contributed by atoms with Crippen LogP contribution in [-0.4, -0.2) is 17.9 Å². The van der Waals surface area contributed by atoms with Crippen LogP contribution in [0, 0.1) is 0 Å². The Hall–Kier alpha value is -0.610. The van der Waals surface area contributed by atoms with Crippen molar-refractivity contribution in [3.8, 4) is 0 Å². The lowest BCUT2D eigenvalue weighted by molar-refractivity contribution is 0.560. The molecule has 4 nitrogen and oxygen atoms in total. The van der Waals surface area contributed by atoms with Gasteiger partial charge in [0.2, 0.25) is 0 Å². The number of hydrogen-bond acceptors (Lipinski definition) is 4. The quantitative estimate of drug-likeness (QED) is 0.361. The lowest BCUT2D eigenvalue weighted by Gasteiger charge is -2.07. The van der Waals surface area contributed by atoms with Gasteiger partial charge in [0.25, 0.3) is 0 Å². The van der Waals surface area contributed by atoms with E-state index in [0.29, 0.717) is 0 Å². The van der Waals surface area contributed by atoms with Crippen LogP contribution < -0.4 is 16.9 Å². The summed E-state index contributed by atoms with van der Waals surface area (Å²) in [5, 5.41) is 3.81. The van der Waals surface area contributed by atoms with E-state index >= 15 is 0 Å². The van der Waals surface area contributed by atoms with Crippen LogP contribution in [0.25, 0.3) is 0 Å². The predicted molar refractivity (Wildman–Crippen MR) is 32.2 cm³/mol. The second kappa shape index (κ2) is 1.72. The molecule has 0 bridgehead atoms. The summed E-state index contributed by atoms with van der Waals surface area (Å²) in [5.74, 6) is 0. The van der Waals surface area contributed by atoms with Gasteiger partial charge in [-0.1, -0.05) is 0 Å². The van der Waals surface area contributed by atoms with Gasteiger partial charge in [-0.05, 0) is 6.92 Å². The molecule has 0 aliphatic carbocycles. The van der Waals surface area contributed by atoms with Gasteiger partial charge < -0.3 is 11.5 Å². The molecule has 0 aromatic rings. The number of nitrogens with two attached hydrogens (primary N) is 2. The highest BCUT2D eigenvalue weighted by Gasteiger charge is 2.20. The van der Waals surface area contributed by atoms with Gasteiger partial charge in [0.15, 0.2) is 0 Å². The van der Waals surface area contributed by atoms with E-state index in [1.807, 2.05) is 6.92 Å². The van der Waals surface area contributed by atoms with E-state index in [4.69, 9.17) is 11.5 Å². The van der Waals surface area contributed by atoms with E-state index in [1.54, 1.807) is 0 Å². The fourth-order valence-electron chi connectivity index (χ4n) is 0.591. The number of nitrogens with one attached hydrogen (secondary N) is 1. The summed E-state index contributed by atoms with van der Waals surface area (Å²) >= 11 is 0. The van der Waals surface area contributed by atoms with Gasteiger partial charge in [-0.3, -0.25) is 5.43 Å². The molecule has 0 radical (unpaired) electrons. The van der Waals surface area contributed by atoms with Crippen molar-refractivity contribution >= 4 is 5.71 Å². The van der Waals surface area contributed by atoms with Crippen molar-refractivity contribution in [2.24, 2.45) is 16.6 Å². The molecule has 0 aromatic carbocycles. The van der Waals surface area contributed by atoms with E-state index in [-0.39, 0.29) is 12.2 Å². The summed E-state index contributed by atoms with van der Waals surface area (Å²) in [6, 6.07) is -0.102. The fourth-order valence-corrected chi connectivity index (χ4v) is 0.591. The summed E-state index contributed by atoms with van der Waals surface area (Å²) in [5.41, 5.74) is 14.5. The minimum atomic E-state index is -0.185. The van der Waals surface area contributed by atoms with Gasteiger partial charge in [0.05, 0.1) is 11.8 Å². The highest BCUT2D eigenvalue weighted by atomic mass is 15.4. The summed E-state index contributed by atoms with van der Waals surface area (Å²) in [7, 11) is 0. The first-order valence-corrected chi connectivity index (χ1v) is 2.52. The van der Waals surface area contributed by atoms with Crippen LogP contribution in [0.4, 0.5) is 0 Å². The Morgan fingerprint density at radius 2 is 2.25 bits per heavy atom. The molecule has 4 heteroatoms. The molecular weight excluding hydrogens is 104 g/mol. The summed E-state index contributed by atoms with van der Waals surface area (Å²) in [6.45, 7) is 1.85. The highest BCUT2D eigenvalue weighted by molar-refractivity contribution is 5.88. The Labute approximate surface area is 47.9 Å². The molecule has 1 aliphatic rings. The molecule has 2 atom stereocenters. The standard InChI is InChI=1S/C4H10N4/c1-2-3(5)4(6)8-7-2/h3-4,8H,5-6H2,1H3. The normalized spacial score (nSPS) is 36.6. The van der Waals surface area contributed by atoms with Crippen molar-refractivity contribution in [2.75, 3.05) is 0 Å².